The summed E-state index contributed by atoms with van der Waals surface area (Å²) in [6.07, 6.45) is 5.52. The van der Waals surface area contributed by atoms with Crippen LogP contribution in [0.15, 0.2) is 45.9 Å². The van der Waals surface area contributed by atoms with Gasteiger partial charge in [-0.05, 0) is 42.9 Å². The highest BCUT2D eigenvalue weighted by Crippen LogP contribution is 2.42. The molecule has 0 spiro atoms. The van der Waals surface area contributed by atoms with E-state index >= 15 is 0 Å². The van der Waals surface area contributed by atoms with Crippen LogP contribution in [0.2, 0.25) is 0 Å². The molecule has 162 valence electrons. The quantitative estimate of drug-likeness (QED) is 0.457. The van der Waals surface area contributed by atoms with Crippen molar-refractivity contribution in [3.8, 4) is 11.5 Å². The van der Waals surface area contributed by atoms with Crippen LogP contribution < -0.4 is 10.2 Å². The van der Waals surface area contributed by atoms with Gasteiger partial charge in [0.1, 0.15) is 22.8 Å². The molecular formula is C25H28N2O4. The molecule has 2 N–H and O–H groups in total. The minimum Gasteiger partial charge on any atom is -0.507 e. The summed E-state index contributed by atoms with van der Waals surface area (Å²) < 4.78 is 11.6. The lowest BCUT2D eigenvalue weighted by atomic mass is 9.83. The maximum Gasteiger partial charge on any atom is 0.277 e. The van der Waals surface area contributed by atoms with Gasteiger partial charge in [0.2, 0.25) is 0 Å². The molecule has 1 aromatic heterocycles. The van der Waals surface area contributed by atoms with Crippen LogP contribution >= 0.6 is 0 Å². The van der Waals surface area contributed by atoms with Crippen LogP contribution in [-0.4, -0.2) is 23.8 Å². The molecule has 1 heterocycles. The van der Waals surface area contributed by atoms with Crippen molar-refractivity contribution in [2.24, 2.45) is 5.10 Å². The number of aromatic hydroxyl groups is 1. The van der Waals surface area contributed by atoms with E-state index in [4.69, 9.17) is 9.15 Å². The van der Waals surface area contributed by atoms with E-state index in [9.17, 15) is 9.90 Å². The highest BCUT2D eigenvalue weighted by atomic mass is 16.5. The van der Waals surface area contributed by atoms with Crippen molar-refractivity contribution >= 4 is 23.1 Å². The fraction of sp³-hybridized carbons (Fsp3) is 0.360. The summed E-state index contributed by atoms with van der Waals surface area (Å²) >= 11 is 0. The number of phenolic OH excluding ortho intramolecular Hbond substituents is 1. The molecule has 0 aliphatic heterocycles. The molecular weight excluding hydrogens is 392 g/mol. The molecule has 0 saturated heterocycles. The van der Waals surface area contributed by atoms with Crippen molar-refractivity contribution in [2.75, 3.05) is 6.61 Å². The van der Waals surface area contributed by atoms with E-state index in [1.54, 1.807) is 12.1 Å². The lowest BCUT2D eigenvalue weighted by molar-refractivity contribution is -0.123. The van der Waals surface area contributed by atoms with E-state index in [0.29, 0.717) is 11.3 Å². The number of ether oxygens (including phenoxy) is 1. The molecule has 6 nitrogen and oxygen atoms in total. The van der Waals surface area contributed by atoms with Gasteiger partial charge < -0.3 is 14.3 Å². The fourth-order valence-electron chi connectivity index (χ4n) is 4.01. The van der Waals surface area contributed by atoms with Crippen molar-refractivity contribution in [1.29, 1.82) is 0 Å². The summed E-state index contributed by atoms with van der Waals surface area (Å²) in [4.78, 5) is 12.1. The Labute approximate surface area is 181 Å². The summed E-state index contributed by atoms with van der Waals surface area (Å²) in [6.45, 7) is 5.98. The molecule has 0 radical (unpaired) electrons. The molecule has 1 aliphatic rings. The van der Waals surface area contributed by atoms with Gasteiger partial charge >= 0.3 is 0 Å². The number of fused-ring (bicyclic) bond motifs is 3. The zero-order valence-electron chi connectivity index (χ0n) is 18.2. The maximum atomic E-state index is 12.1. The summed E-state index contributed by atoms with van der Waals surface area (Å²) in [5.74, 6) is 1.40. The zero-order chi connectivity index (χ0) is 22.0. The minimum atomic E-state index is -0.378. The van der Waals surface area contributed by atoms with Gasteiger partial charge in [-0.1, -0.05) is 39.0 Å². The lowest BCUT2D eigenvalue weighted by Crippen LogP contribution is -2.24. The number of aryl methyl sites for hydroxylation is 2. The van der Waals surface area contributed by atoms with Crippen LogP contribution in [0.25, 0.3) is 11.0 Å². The Kier molecular flexibility index (Phi) is 5.72. The number of amides is 1. The molecule has 0 atom stereocenters. The number of carbonyl (C=O) groups excluding carboxylic acids is 1. The fourth-order valence-corrected chi connectivity index (χ4v) is 4.01. The van der Waals surface area contributed by atoms with Crippen molar-refractivity contribution in [2.45, 2.75) is 51.9 Å². The van der Waals surface area contributed by atoms with Gasteiger partial charge in [0.15, 0.2) is 6.61 Å². The molecule has 0 saturated carbocycles. The second-order valence-electron chi connectivity index (χ2n) is 8.92. The Morgan fingerprint density at radius 1 is 1.23 bits per heavy atom. The average Bonchev–Trinajstić information content (AvgIpc) is 3.12. The number of carbonyl (C=O) groups is 1. The van der Waals surface area contributed by atoms with E-state index < -0.39 is 0 Å². The lowest BCUT2D eigenvalue weighted by Gasteiger charge is -2.21. The number of para-hydroxylation sites is 1. The van der Waals surface area contributed by atoms with Crippen molar-refractivity contribution < 1.29 is 19.1 Å². The Balaban J connectivity index is 1.61. The molecule has 1 amide bonds. The first-order chi connectivity index (χ1) is 14.8. The van der Waals surface area contributed by atoms with Gasteiger partial charge in [-0.2, -0.15) is 5.10 Å². The number of hydrogen-bond donors (Lipinski definition) is 2. The SMILES string of the molecule is CC(C)(C)c1cc2oc3c(c2c(C=NNC(=O)COc2ccccc2)c1O)CCCC3. The molecule has 0 unspecified atom stereocenters. The van der Waals surface area contributed by atoms with Gasteiger partial charge in [0, 0.05) is 28.5 Å². The van der Waals surface area contributed by atoms with E-state index in [2.05, 4.69) is 10.5 Å². The normalized spacial score (nSPS) is 14.0. The molecule has 31 heavy (non-hydrogen) atoms. The third kappa shape index (κ3) is 4.43. The number of rotatable bonds is 5. The highest BCUT2D eigenvalue weighted by molar-refractivity contribution is 6.04. The Hall–Kier alpha value is -3.28. The zero-order valence-corrected chi connectivity index (χ0v) is 18.2. The summed E-state index contributed by atoms with van der Waals surface area (Å²) in [5, 5.41) is 16.1. The van der Waals surface area contributed by atoms with Gasteiger partial charge in [-0.3, -0.25) is 4.79 Å². The molecule has 0 bridgehead atoms. The average molecular weight is 421 g/mol. The molecule has 2 aromatic carbocycles. The molecule has 6 heteroatoms. The second-order valence-corrected chi connectivity index (χ2v) is 8.92. The minimum absolute atomic E-state index is 0.147. The summed E-state index contributed by atoms with van der Waals surface area (Å²) in [7, 11) is 0. The first-order valence-corrected chi connectivity index (χ1v) is 10.6. The van der Waals surface area contributed by atoms with Crippen molar-refractivity contribution in [1.82, 2.24) is 5.43 Å². The Morgan fingerprint density at radius 3 is 2.71 bits per heavy atom. The number of hydrogen-bond acceptors (Lipinski definition) is 5. The van der Waals surface area contributed by atoms with E-state index in [0.717, 1.165) is 53.5 Å². The second kappa shape index (κ2) is 8.46. The Morgan fingerprint density at radius 2 is 1.97 bits per heavy atom. The predicted molar refractivity (Wildman–Crippen MR) is 121 cm³/mol. The number of nitrogens with one attached hydrogen (secondary N) is 1. The van der Waals surface area contributed by atoms with Crippen LogP contribution in [0.1, 0.15) is 56.1 Å². The van der Waals surface area contributed by atoms with Crippen LogP contribution in [0.5, 0.6) is 11.5 Å². The monoisotopic (exact) mass is 420 g/mol. The molecule has 4 rings (SSSR count). The summed E-state index contributed by atoms with van der Waals surface area (Å²) in [6, 6.07) is 11.1. The van der Waals surface area contributed by atoms with Crippen molar-refractivity contribution in [3.05, 3.63) is 58.8 Å². The van der Waals surface area contributed by atoms with Gasteiger partial charge in [0.05, 0.1) is 6.21 Å². The van der Waals surface area contributed by atoms with Crippen LogP contribution in [0.4, 0.5) is 0 Å². The largest absolute Gasteiger partial charge is 0.507 e. The van der Waals surface area contributed by atoms with Gasteiger partial charge in [-0.15, -0.1) is 0 Å². The van der Waals surface area contributed by atoms with E-state index in [1.807, 2.05) is 45.0 Å². The van der Waals surface area contributed by atoms with Crippen LogP contribution in [-0.2, 0) is 23.1 Å². The van der Waals surface area contributed by atoms with E-state index in [1.165, 1.54) is 6.21 Å². The number of nitrogens with zero attached hydrogens (tertiary/aromatic N) is 1. The van der Waals surface area contributed by atoms with Crippen LogP contribution in [0.3, 0.4) is 0 Å². The molecule has 3 aromatic rings. The third-order valence-corrected chi connectivity index (χ3v) is 5.56. The predicted octanol–water partition coefficient (Wildman–Crippen LogP) is 4.84. The smallest absolute Gasteiger partial charge is 0.277 e. The summed E-state index contributed by atoms with van der Waals surface area (Å²) in [5.41, 5.74) is 5.47. The number of phenols is 1. The number of furan rings is 1. The van der Waals surface area contributed by atoms with Crippen LogP contribution in [0, 0.1) is 0 Å². The highest BCUT2D eigenvalue weighted by Gasteiger charge is 2.27. The number of benzene rings is 2. The topological polar surface area (TPSA) is 84.1 Å². The maximum absolute atomic E-state index is 12.1. The standard InChI is InChI=1S/C25H28N2O4/c1-25(2,3)19-13-21-23(17-11-7-8-12-20(17)31-21)18(24(19)29)14-26-27-22(28)15-30-16-9-5-4-6-10-16/h4-6,9-10,13-14,29H,7-8,11-12,15H2,1-3H3,(H,27,28). The molecule has 0 fully saturated rings. The Bertz CT molecular complexity index is 1120. The number of hydrazone groups is 1. The first-order valence-electron chi connectivity index (χ1n) is 10.6. The third-order valence-electron chi connectivity index (χ3n) is 5.56. The molecule has 1 aliphatic carbocycles. The first kappa shape index (κ1) is 21.0. The van der Waals surface area contributed by atoms with Crippen molar-refractivity contribution in [3.63, 3.8) is 0 Å². The van der Waals surface area contributed by atoms with E-state index in [-0.39, 0.29) is 23.7 Å². The van der Waals surface area contributed by atoms with Gasteiger partial charge in [-0.25, -0.2) is 5.43 Å². The van der Waals surface area contributed by atoms with Gasteiger partial charge in [0.25, 0.3) is 5.91 Å².